The average molecular weight is 474 g/mol. The van der Waals surface area contributed by atoms with Crippen LogP contribution in [0.1, 0.15) is 168 Å². The first-order chi connectivity index (χ1) is 16.2. The predicted molar refractivity (Wildman–Crippen MR) is 144 cm³/mol. The van der Waals surface area contributed by atoms with Gasteiger partial charge in [-0.1, -0.05) is 136 Å². The summed E-state index contributed by atoms with van der Waals surface area (Å²) in [6.07, 6.45) is 29.3. The number of nitrogens with zero attached hydrogens (tertiary/aromatic N) is 1. The number of carbonyl (C=O) groups is 1. The molecule has 0 N–H and O–H groups in total. The summed E-state index contributed by atoms with van der Waals surface area (Å²) in [5.41, 5.74) is 0. The number of carbonyl (C=O) groups excluding carboxylic acids is 1. The van der Waals surface area contributed by atoms with Crippen molar-refractivity contribution in [2.45, 2.75) is 174 Å². The molecule has 0 aliphatic carbocycles. The molecule has 0 heterocycles. The molecule has 0 aliphatic heterocycles. The van der Waals surface area contributed by atoms with E-state index >= 15 is 0 Å². The van der Waals surface area contributed by atoms with Gasteiger partial charge in [-0.2, -0.15) is 0 Å². The van der Waals surface area contributed by atoms with E-state index in [0.29, 0.717) is 6.04 Å². The fourth-order valence-corrected chi connectivity index (χ4v) is 5.01. The zero-order valence-electron chi connectivity index (χ0n) is 24.0. The van der Waals surface area contributed by atoms with Crippen LogP contribution in [0, 0.1) is 0 Å². The van der Waals surface area contributed by atoms with Crippen LogP contribution < -0.4 is 24.0 Å². The summed E-state index contributed by atoms with van der Waals surface area (Å²) < 4.78 is 0. The quantitative estimate of drug-likeness (QED) is 0.118. The van der Waals surface area contributed by atoms with Gasteiger partial charge in [-0.15, -0.1) is 0 Å². The zero-order chi connectivity index (χ0) is 24.4. The standard InChI is InChI=1S/C30H61NO2.Li/c1-4-7-9-11-13-15-17-19-21-23-27-31(29(6-3)25-26-30(32)33)28-24-22-20-18-16-14-12-10-8-5-2;/h29H,4-28H2,1-3H3,(H,32,33);/q;+1/p-1. The minimum absolute atomic E-state index is 0. The second-order valence-electron chi connectivity index (χ2n) is 10.4. The third-order valence-electron chi connectivity index (χ3n) is 7.27. The van der Waals surface area contributed by atoms with Crippen molar-refractivity contribution in [2.75, 3.05) is 13.1 Å². The van der Waals surface area contributed by atoms with Gasteiger partial charge >= 0.3 is 18.9 Å². The van der Waals surface area contributed by atoms with E-state index in [4.69, 9.17) is 0 Å². The molecule has 0 spiro atoms. The maximum atomic E-state index is 11.0. The van der Waals surface area contributed by atoms with Gasteiger partial charge in [0.2, 0.25) is 0 Å². The van der Waals surface area contributed by atoms with Gasteiger partial charge in [0, 0.05) is 12.0 Å². The minimum Gasteiger partial charge on any atom is -0.550 e. The number of carboxylic acid groups (broad SMARTS) is 1. The van der Waals surface area contributed by atoms with Crippen molar-refractivity contribution in [3.8, 4) is 0 Å². The monoisotopic (exact) mass is 473 g/mol. The van der Waals surface area contributed by atoms with E-state index in [1.807, 2.05) is 0 Å². The molecule has 0 amide bonds. The van der Waals surface area contributed by atoms with Crippen LogP contribution in [0.3, 0.4) is 0 Å². The summed E-state index contributed by atoms with van der Waals surface area (Å²) in [7, 11) is 0. The van der Waals surface area contributed by atoms with Gasteiger partial charge in [-0.3, -0.25) is 0 Å². The molecule has 0 aromatic carbocycles. The number of hydrogen-bond acceptors (Lipinski definition) is 3. The van der Waals surface area contributed by atoms with Crippen LogP contribution >= 0.6 is 0 Å². The van der Waals surface area contributed by atoms with Crippen molar-refractivity contribution in [1.29, 1.82) is 0 Å². The third kappa shape index (κ3) is 25.1. The second-order valence-corrected chi connectivity index (χ2v) is 10.4. The average Bonchev–Trinajstić information content (AvgIpc) is 2.81. The van der Waals surface area contributed by atoms with Gasteiger partial charge in [0.1, 0.15) is 0 Å². The topological polar surface area (TPSA) is 43.4 Å². The summed E-state index contributed by atoms with van der Waals surface area (Å²) in [4.78, 5) is 13.6. The van der Waals surface area contributed by atoms with Gasteiger partial charge in [-0.25, -0.2) is 0 Å². The van der Waals surface area contributed by atoms with Crippen LogP contribution in [0.5, 0.6) is 0 Å². The number of hydrogen-bond donors (Lipinski definition) is 0. The molecule has 0 radical (unpaired) electrons. The van der Waals surface area contributed by atoms with Gasteiger partial charge in [0.05, 0.1) is 0 Å². The first-order valence-electron chi connectivity index (χ1n) is 15.1. The fourth-order valence-electron chi connectivity index (χ4n) is 5.01. The maximum Gasteiger partial charge on any atom is 1.00 e. The number of aliphatic carboxylic acids is 1. The summed E-state index contributed by atoms with van der Waals surface area (Å²) in [5, 5.41) is 11.0. The fraction of sp³-hybridized carbons (Fsp3) is 0.967. The molecule has 3 nitrogen and oxygen atoms in total. The van der Waals surface area contributed by atoms with Crippen LogP contribution in [-0.4, -0.2) is 30.0 Å². The maximum absolute atomic E-state index is 11.0. The Morgan fingerprint density at radius 3 is 1.21 bits per heavy atom. The molecule has 1 atom stereocenters. The molecule has 0 bridgehead atoms. The van der Waals surface area contributed by atoms with Crippen molar-refractivity contribution >= 4 is 5.97 Å². The Morgan fingerprint density at radius 2 is 0.912 bits per heavy atom. The Kier molecular flexibility index (Phi) is 31.1. The summed E-state index contributed by atoms with van der Waals surface area (Å²) in [6, 6.07) is 0.403. The SMILES string of the molecule is CCCCCCCCCCCCN(CCCCCCCCCCCC)C(CC)CCC(=O)[O-].[Li+]. The van der Waals surface area contributed by atoms with Crippen LogP contribution in [0.4, 0.5) is 0 Å². The smallest absolute Gasteiger partial charge is 0.550 e. The van der Waals surface area contributed by atoms with Crippen LogP contribution in [0.25, 0.3) is 0 Å². The van der Waals surface area contributed by atoms with Gasteiger partial charge in [-0.05, 0) is 45.2 Å². The van der Waals surface area contributed by atoms with Crippen LogP contribution in [0.2, 0.25) is 0 Å². The van der Waals surface area contributed by atoms with E-state index in [1.165, 1.54) is 128 Å². The van der Waals surface area contributed by atoms with Crippen molar-refractivity contribution in [3.63, 3.8) is 0 Å². The summed E-state index contributed by atoms with van der Waals surface area (Å²) in [6.45, 7) is 9.05. The Bertz CT molecular complexity index is 381. The van der Waals surface area contributed by atoms with Crippen molar-refractivity contribution in [3.05, 3.63) is 0 Å². The van der Waals surface area contributed by atoms with E-state index in [0.717, 1.165) is 25.9 Å². The Morgan fingerprint density at radius 1 is 0.588 bits per heavy atom. The largest absolute Gasteiger partial charge is 1.00 e. The number of rotatable bonds is 27. The molecular weight excluding hydrogens is 413 g/mol. The minimum atomic E-state index is -0.897. The molecule has 0 saturated carbocycles. The second kappa shape index (κ2) is 29.3. The van der Waals surface area contributed by atoms with Gasteiger partial charge in [0.15, 0.2) is 0 Å². The molecule has 1 unspecified atom stereocenters. The van der Waals surface area contributed by atoms with Gasteiger partial charge in [0.25, 0.3) is 0 Å². The molecular formula is C30H60LiNO2. The summed E-state index contributed by atoms with van der Waals surface area (Å²) >= 11 is 0. The first-order valence-corrected chi connectivity index (χ1v) is 15.1. The predicted octanol–water partition coefficient (Wildman–Crippen LogP) is 5.44. The van der Waals surface area contributed by atoms with Crippen molar-refractivity contribution in [1.82, 2.24) is 4.90 Å². The molecule has 0 fully saturated rings. The molecule has 34 heavy (non-hydrogen) atoms. The molecule has 0 rings (SSSR count). The number of unbranched alkanes of at least 4 members (excludes halogenated alkanes) is 18. The normalized spacial score (nSPS) is 12.1. The molecule has 0 aliphatic rings. The van der Waals surface area contributed by atoms with Crippen LogP contribution in [0.15, 0.2) is 0 Å². The third-order valence-corrected chi connectivity index (χ3v) is 7.27. The van der Waals surface area contributed by atoms with E-state index in [9.17, 15) is 9.90 Å². The molecule has 0 saturated heterocycles. The van der Waals surface area contributed by atoms with E-state index in [-0.39, 0.29) is 25.3 Å². The molecule has 4 heteroatoms. The zero-order valence-corrected chi connectivity index (χ0v) is 24.0. The van der Waals surface area contributed by atoms with Crippen molar-refractivity contribution in [2.24, 2.45) is 0 Å². The van der Waals surface area contributed by atoms with Crippen LogP contribution in [-0.2, 0) is 4.79 Å². The Balaban J connectivity index is 0. The van der Waals surface area contributed by atoms with E-state index < -0.39 is 5.97 Å². The van der Waals surface area contributed by atoms with E-state index in [2.05, 4.69) is 25.7 Å². The Labute approximate surface area is 226 Å². The first kappa shape index (κ1) is 36.2. The molecule has 198 valence electrons. The number of carboxylic acids is 1. The van der Waals surface area contributed by atoms with Crippen molar-refractivity contribution < 1.29 is 28.8 Å². The molecule has 0 aromatic heterocycles. The van der Waals surface area contributed by atoms with E-state index in [1.54, 1.807) is 0 Å². The summed E-state index contributed by atoms with van der Waals surface area (Å²) in [5.74, 6) is -0.897. The Hall–Kier alpha value is 0.0274. The van der Waals surface area contributed by atoms with Gasteiger partial charge < -0.3 is 14.8 Å². The molecule has 0 aromatic rings.